The van der Waals surface area contributed by atoms with E-state index < -0.39 is 41.7 Å². The normalized spacial score (nSPS) is 27.1. The summed E-state index contributed by atoms with van der Waals surface area (Å²) in [6, 6.07) is 15.1. The molecule has 1 saturated heterocycles. The SMILES string of the molecule is O=C(CN1C(=O)[C@@H]2[C@H]3C[C@H]([C@H]2C1=O)[C@@H](c1ccccc1)C3)OCC(=O)c1cccc([N+](=O)[O-])c1. The summed E-state index contributed by atoms with van der Waals surface area (Å²) in [6.45, 7) is -1.17. The molecule has 174 valence electrons. The van der Waals surface area contributed by atoms with E-state index in [1.807, 2.05) is 18.2 Å². The zero-order valence-electron chi connectivity index (χ0n) is 18.2. The van der Waals surface area contributed by atoms with Crippen LogP contribution in [0.2, 0.25) is 0 Å². The molecule has 2 saturated carbocycles. The van der Waals surface area contributed by atoms with Crippen LogP contribution in [-0.2, 0) is 19.1 Å². The van der Waals surface area contributed by atoms with E-state index in [1.165, 1.54) is 23.8 Å². The molecular formula is C25H22N2O7. The molecule has 0 radical (unpaired) electrons. The van der Waals surface area contributed by atoms with Gasteiger partial charge in [-0.15, -0.1) is 0 Å². The van der Waals surface area contributed by atoms with Crippen molar-refractivity contribution in [3.05, 3.63) is 75.8 Å². The first-order chi connectivity index (χ1) is 16.3. The van der Waals surface area contributed by atoms with Gasteiger partial charge in [-0.3, -0.25) is 34.2 Å². The van der Waals surface area contributed by atoms with Gasteiger partial charge in [-0.2, -0.15) is 0 Å². The number of rotatable bonds is 7. The molecule has 2 aliphatic carbocycles. The number of benzene rings is 2. The van der Waals surface area contributed by atoms with Crippen molar-refractivity contribution in [1.29, 1.82) is 0 Å². The van der Waals surface area contributed by atoms with Crippen LogP contribution >= 0.6 is 0 Å². The molecule has 3 fully saturated rings. The van der Waals surface area contributed by atoms with E-state index in [9.17, 15) is 29.3 Å². The third-order valence-corrected chi connectivity index (χ3v) is 7.36. The lowest BCUT2D eigenvalue weighted by Crippen LogP contribution is -2.38. The fraction of sp³-hybridized carbons (Fsp3) is 0.360. The zero-order valence-corrected chi connectivity index (χ0v) is 18.2. The van der Waals surface area contributed by atoms with Gasteiger partial charge >= 0.3 is 5.97 Å². The molecule has 2 amide bonds. The molecule has 2 bridgehead atoms. The van der Waals surface area contributed by atoms with Crippen molar-refractivity contribution < 1.29 is 28.8 Å². The highest BCUT2D eigenvalue weighted by molar-refractivity contribution is 6.08. The Kier molecular flexibility index (Phi) is 5.47. The maximum atomic E-state index is 13.1. The Labute approximate surface area is 194 Å². The van der Waals surface area contributed by atoms with Gasteiger partial charge < -0.3 is 4.74 Å². The number of ether oxygens (including phenoxy) is 1. The zero-order chi connectivity index (χ0) is 24.0. The Balaban J connectivity index is 1.21. The van der Waals surface area contributed by atoms with Gasteiger partial charge in [-0.1, -0.05) is 42.5 Å². The minimum Gasteiger partial charge on any atom is -0.456 e. The van der Waals surface area contributed by atoms with Crippen LogP contribution in [0.1, 0.15) is 34.7 Å². The second kappa shape index (κ2) is 8.48. The van der Waals surface area contributed by atoms with Crippen LogP contribution in [-0.4, -0.2) is 46.5 Å². The molecular weight excluding hydrogens is 440 g/mol. The highest BCUT2D eigenvalue weighted by Crippen LogP contribution is 2.61. The molecule has 9 heteroatoms. The number of nitro benzene ring substituents is 1. The van der Waals surface area contributed by atoms with E-state index in [4.69, 9.17) is 4.74 Å². The molecule has 1 aliphatic heterocycles. The largest absolute Gasteiger partial charge is 0.456 e. The molecule has 0 N–H and O–H groups in total. The molecule has 2 aromatic carbocycles. The van der Waals surface area contributed by atoms with E-state index >= 15 is 0 Å². The van der Waals surface area contributed by atoms with Gasteiger partial charge in [0, 0.05) is 17.7 Å². The number of nitro groups is 1. The van der Waals surface area contributed by atoms with Crippen LogP contribution in [0.3, 0.4) is 0 Å². The highest BCUT2D eigenvalue weighted by Gasteiger charge is 2.64. The summed E-state index contributed by atoms with van der Waals surface area (Å²) in [4.78, 5) is 62.0. The average Bonchev–Trinajstić information content (AvgIpc) is 3.51. The van der Waals surface area contributed by atoms with E-state index in [1.54, 1.807) is 0 Å². The van der Waals surface area contributed by atoms with Gasteiger partial charge in [0.2, 0.25) is 17.6 Å². The van der Waals surface area contributed by atoms with Crippen LogP contribution in [0.5, 0.6) is 0 Å². The van der Waals surface area contributed by atoms with Crippen LogP contribution in [0.25, 0.3) is 0 Å². The monoisotopic (exact) mass is 462 g/mol. The van der Waals surface area contributed by atoms with E-state index in [2.05, 4.69) is 12.1 Å². The second-order valence-electron chi connectivity index (χ2n) is 9.12. The fourth-order valence-electron chi connectivity index (χ4n) is 5.96. The summed E-state index contributed by atoms with van der Waals surface area (Å²) in [6.07, 6.45) is 1.69. The Bertz CT molecular complexity index is 1190. The topological polar surface area (TPSA) is 124 Å². The molecule has 1 heterocycles. The van der Waals surface area contributed by atoms with Crippen LogP contribution in [0.4, 0.5) is 5.69 Å². The maximum Gasteiger partial charge on any atom is 0.326 e. The quantitative estimate of drug-likeness (QED) is 0.204. The molecule has 5 atom stereocenters. The summed E-state index contributed by atoms with van der Waals surface area (Å²) in [5.74, 6) is -2.56. The van der Waals surface area contributed by atoms with Gasteiger partial charge in [0.05, 0.1) is 16.8 Å². The Hall–Kier alpha value is -3.88. The standard InChI is InChI=1S/C25H22N2O7/c28-20(15-7-4-8-17(9-15)27(32)33)13-34-21(29)12-26-24(30)22-16-10-18(14-5-2-1-3-6-14)19(11-16)23(22)25(26)31/h1-9,16,18-19,22-23H,10-13H2/t16-,18-,19+,22-,23-/m1/s1. The number of likely N-dealkylation sites (tertiary alicyclic amines) is 1. The summed E-state index contributed by atoms with van der Waals surface area (Å²) >= 11 is 0. The Morgan fingerprint density at radius 1 is 1.00 bits per heavy atom. The fourth-order valence-corrected chi connectivity index (χ4v) is 5.96. The van der Waals surface area contributed by atoms with E-state index in [-0.39, 0.29) is 40.8 Å². The smallest absolute Gasteiger partial charge is 0.326 e. The van der Waals surface area contributed by atoms with Crippen molar-refractivity contribution in [3.63, 3.8) is 0 Å². The van der Waals surface area contributed by atoms with Gasteiger partial charge in [0.25, 0.3) is 5.69 Å². The number of carbonyl (C=O) groups excluding carboxylic acids is 4. The van der Waals surface area contributed by atoms with Crippen LogP contribution in [0, 0.1) is 33.8 Å². The number of hydrogen-bond acceptors (Lipinski definition) is 7. The van der Waals surface area contributed by atoms with Crippen molar-refractivity contribution in [1.82, 2.24) is 4.90 Å². The van der Waals surface area contributed by atoms with Crippen molar-refractivity contribution in [2.24, 2.45) is 23.7 Å². The molecule has 34 heavy (non-hydrogen) atoms. The molecule has 0 aromatic heterocycles. The lowest BCUT2D eigenvalue weighted by atomic mass is 9.73. The number of esters is 1. The molecule has 0 unspecified atom stereocenters. The van der Waals surface area contributed by atoms with E-state index in [0.717, 1.165) is 23.8 Å². The van der Waals surface area contributed by atoms with Crippen molar-refractivity contribution in [2.75, 3.05) is 13.2 Å². The number of non-ortho nitro benzene ring substituents is 1. The number of imide groups is 1. The van der Waals surface area contributed by atoms with Crippen LogP contribution < -0.4 is 0 Å². The number of ketones is 1. The molecule has 5 rings (SSSR count). The summed E-state index contributed by atoms with van der Waals surface area (Å²) < 4.78 is 4.99. The van der Waals surface area contributed by atoms with Crippen molar-refractivity contribution in [3.8, 4) is 0 Å². The second-order valence-corrected chi connectivity index (χ2v) is 9.12. The lowest BCUT2D eigenvalue weighted by Gasteiger charge is -2.28. The molecule has 2 aromatic rings. The number of fused-ring (bicyclic) bond motifs is 5. The first-order valence-corrected chi connectivity index (χ1v) is 11.2. The Morgan fingerprint density at radius 2 is 1.74 bits per heavy atom. The van der Waals surface area contributed by atoms with Crippen LogP contribution in [0.15, 0.2) is 54.6 Å². The van der Waals surface area contributed by atoms with Gasteiger partial charge in [-0.25, -0.2) is 0 Å². The summed E-state index contributed by atoms with van der Waals surface area (Å²) in [7, 11) is 0. The minimum atomic E-state index is -0.868. The predicted molar refractivity (Wildman–Crippen MR) is 117 cm³/mol. The lowest BCUT2D eigenvalue weighted by molar-refractivity contribution is -0.384. The number of Topliss-reactive ketones (excluding diaryl/α,β-unsaturated/α-hetero) is 1. The van der Waals surface area contributed by atoms with Crippen molar-refractivity contribution in [2.45, 2.75) is 18.8 Å². The number of hydrogen-bond donors (Lipinski definition) is 0. The first kappa shape index (κ1) is 21.9. The third kappa shape index (κ3) is 3.67. The molecule has 0 spiro atoms. The predicted octanol–water partition coefficient (Wildman–Crippen LogP) is 2.75. The van der Waals surface area contributed by atoms with Crippen molar-refractivity contribution >= 4 is 29.3 Å². The van der Waals surface area contributed by atoms with E-state index in [0.29, 0.717) is 0 Å². The maximum absolute atomic E-state index is 13.1. The number of nitrogens with zero attached hydrogens (tertiary/aromatic N) is 2. The summed E-state index contributed by atoms with van der Waals surface area (Å²) in [5, 5.41) is 10.9. The third-order valence-electron chi connectivity index (χ3n) is 7.36. The highest BCUT2D eigenvalue weighted by atomic mass is 16.6. The molecule has 3 aliphatic rings. The van der Waals surface area contributed by atoms with Gasteiger partial charge in [0.15, 0.2) is 6.61 Å². The number of carbonyl (C=O) groups is 4. The minimum absolute atomic E-state index is 0.0355. The van der Waals surface area contributed by atoms with Gasteiger partial charge in [0.1, 0.15) is 6.54 Å². The first-order valence-electron chi connectivity index (χ1n) is 11.2. The molecule has 9 nitrogen and oxygen atoms in total. The Morgan fingerprint density at radius 3 is 2.47 bits per heavy atom. The van der Waals surface area contributed by atoms with Gasteiger partial charge in [-0.05, 0) is 36.2 Å². The summed E-state index contributed by atoms with van der Waals surface area (Å²) in [5.41, 5.74) is 0.958. The average molecular weight is 462 g/mol. The number of amides is 2.